The van der Waals surface area contributed by atoms with Crippen molar-refractivity contribution in [3.63, 3.8) is 0 Å². The fourth-order valence-electron chi connectivity index (χ4n) is 2.59. The van der Waals surface area contributed by atoms with E-state index in [0.29, 0.717) is 0 Å². The molecule has 18 heavy (non-hydrogen) atoms. The van der Waals surface area contributed by atoms with Crippen molar-refractivity contribution >= 4 is 33.1 Å². The molecular formula is C16H11NS. The summed E-state index contributed by atoms with van der Waals surface area (Å²) in [6.07, 6.45) is 0. The third-order valence-corrected chi connectivity index (χ3v) is 4.02. The van der Waals surface area contributed by atoms with Gasteiger partial charge in [0, 0.05) is 16.2 Å². The van der Waals surface area contributed by atoms with Gasteiger partial charge in [-0.1, -0.05) is 36.4 Å². The molecule has 0 aliphatic heterocycles. The summed E-state index contributed by atoms with van der Waals surface area (Å²) in [5.74, 6) is 0. The van der Waals surface area contributed by atoms with Crippen LogP contribution in [0, 0.1) is 0 Å². The molecule has 0 radical (unpaired) electrons. The summed E-state index contributed by atoms with van der Waals surface area (Å²) in [6, 6.07) is 19.3. The summed E-state index contributed by atoms with van der Waals surface area (Å²) in [5, 5.41) is 6.95. The van der Waals surface area contributed by atoms with Gasteiger partial charge in [0.05, 0.1) is 16.7 Å². The van der Waals surface area contributed by atoms with Gasteiger partial charge in [0.15, 0.2) is 0 Å². The SMILES string of the molecule is c1ccc2c(c1)c1ccccc1n2-c1ccsc1. The Balaban J connectivity index is 2.28. The molecule has 4 rings (SSSR count). The van der Waals surface area contributed by atoms with Gasteiger partial charge in [0.1, 0.15) is 0 Å². The lowest BCUT2D eigenvalue weighted by Gasteiger charge is -2.03. The van der Waals surface area contributed by atoms with E-state index in [-0.39, 0.29) is 0 Å². The summed E-state index contributed by atoms with van der Waals surface area (Å²) >= 11 is 1.73. The number of hydrogen-bond donors (Lipinski definition) is 0. The molecule has 2 heterocycles. The maximum absolute atomic E-state index is 2.33. The Morgan fingerprint density at radius 3 is 1.89 bits per heavy atom. The first-order valence-corrected chi connectivity index (χ1v) is 6.90. The standard InChI is InChI=1S/C16H11NS/c1-3-7-15-13(5-1)14-6-2-4-8-16(14)17(15)12-9-10-18-11-12/h1-11H. The number of aromatic nitrogens is 1. The van der Waals surface area contributed by atoms with E-state index in [1.807, 2.05) is 0 Å². The van der Waals surface area contributed by atoms with Crippen molar-refractivity contribution in [3.8, 4) is 5.69 Å². The Hall–Kier alpha value is -2.06. The number of rotatable bonds is 1. The number of para-hydroxylation sites is 2. The first-order chi connectivity index (χ1) is 8.95. The number of benzene rings is 2. The molecule has 1 nitrogen and oxygen atoms in total. The molecule has 0 spiro atoms. The van der Waals surface area contributed by atoms with Gasteiger partial charge in [-0.3, -0.25) is 0 Å². The second-order valence-electron chi connectivity index (χ2n) is 4.35. The molecule has 0 unspecified atom stereocenters. The van der Waals surface area contributed by atoms with Crippen LogP contribution in [0.1, 0.15) is 0 Å². The third kappa shape index (κ3) is 1.27. The Labute approximate surface area is 109 Å². The van der Waals surface area contributed by atoms with E-state index in [9.17, 15) is 0 Å². The van der Waals surface area contributed by atoms with Gasteiger partial charge in [0.25, 0.3) is 0 Å². The van der Waals surface area contributed by atoms with Crippen LogP contribution in [-0.4, -0.2) is 4.57 Å². The number of nitrogens with zero attached hydrogens (tertiary/aromatic N) is 1. The zero-order chi connectivity index (χ0) is 11.9. The summed E-state index contributed by atoms with van der Waals surface area (Å²) in [7, 11) is 0. The van der Waals surface area contributed by atoms with Gasteiger partial charge in [-0.2, -0.15) is 11.3 Å². The van der Waals surface area contributed by atoms with E-state index in [2.05, 4.69) is 69.9 Å². The van der Waals surface area contributed by atoms with Crippen LogP contribution in [0.4, 0.5) is 0 Å². The highest BCUT2D eigenvalue weighted by Crippen LogP contribution is 2.32. The third-order valence-electron chi connectivity index (χ3n) is 3.34. The van der Waals surface area contributed by atoms with Gasteiger partial charge < -0.3 is 4.57 Å². The van der Waals surface area contributed by atoms with Crippen LogP contribution < -0.4 is 0 Å². The van der Waals surface area contributed by atoms with Crippen LogP contribution in [0.15, 0.2) is 65.4 Å². The van der Waals surface area contributed by atoms with E-state index in [1.54, 1.807) is 11.3 Å². The molecule has 2 aromatic carbocycles. The molecule has 0 atom stereocenters. The normalized spacial score (nSPS) is 11.3. The monoisotopic (exact) mass is 249 g/mol. The average Bonchev–Trinajstić information content (AvgIpc) is 3.03. The minimum atomic E-state index is 1.25. The molecule has 0 aliphatic carbocycles. The molecule has 0 aliphatic rings. The van der Waals surface area contributed by atoms with E-state index < -0.39 is 0 Å². The van der Waals surface area contributed by atoms with Crippen LogP contribution in [0.2, 0.25) is 0 Å². The molecule has 0 saturated carbocycles. The smallest absolute Gasteiger partial charge is 0.0569 e. The van der Waals surface area contributed by atoms with Gasteiger partial charge in [-0.05, 0) is 23.6 Å². The molecule has 2 heteroatoms. The largest absolute Gasteiger partial charge is 0.308 e. The number of hydrogen-bond acceptors (Lipinski definition) is 1. The van der Waals surface area contributed by atoms with E-state index >= 15 is 0 Å². The van der Waals surface area contributed by atoms with Gasteiger partial charge >= 0.3 is 0 Å². The van der Waals surface area contributed by atoms with Crippen LogP contribution in [0.5, 0.6) is 0 Å². The van der Waals surface area contributed by atoms with Crippen LogP contribution >= 0.6 is 11.3 Å². The lowest BCUT2D eigenvalue weighted by atomic mass is 10.2. The van der Waals surface area contributed by atoms with Crippen molar-refractivity contribution in [1.29, 1.82) is 0 Å². The van der Waals surface area contributed by atoms with Crippen molar-refractivity contribution in [2.75, 3.05) is 0 Å². The van der Waals surface area contributed by atoms with Crippen LogP contribution in [0.25, 0.3) is 27.5 Å². The molecule has 0 bridgehead atoms. The minimum absolute atomic E-state index is 1.25. The van der Waals surface area contributed by atoms with Gasteiger partial charge in [-0.15, -0.1) is 0 Å². The fraction of sp³-hybridized carbons (Fsp3) is 0. The Morgan fingerprint density at radius 2 is 1.33 bits per heavy atom. The highest BCUT2D eigenvalue weighted by atomic mass is 32.1. The Morgan fingerprint density at radius 1 is 0.722 bits per heavy atom. The van der Waals surface area contributed by atoms with Crippen molar-refractivity contribution in [1.82, 2.24) is 4.57 Å². The molecule has 4 aromatic rings. The van der Waals surface area contributed by atoms with Gasteiger partial charge in [-0.25, -0.2) is 0 Å². The Kier molecular flexibility index (Phi) is 2.05. The molecule has 0 N–H and O–H groups in total. The first-order valence-electron chi connectivity index (χ1n) is 5.96. The summed E-state index contributed by atoms with van der Waals surface area (Å²) in [4.78, 5) is 0. The predicted octanol–water partition coefficient (Wildman–Crippen LogP) is 4.85. The zero-order valence-electron chi connectivity index (χ0n) is 9.71. The van der Waals surface area contributed by atoms with Crippen molar-refractivity contribution in [2.24, 2.45) is 0 Å². The quantitative estimate of drug-likeness (QED) is 0.454. The molecule has 2 aromatic heterocycles. The highest BCUT2D eigenvalue weighted by Gasteiger charge is 2.10. The molecule has 0 amide bonds. The zero-order valence-corrected chi connectivity index (χ0v) is 10.5. The van der Waals surface area contributed by atoms with Crippen molar-refractivity contribution in [2.45, 2.75) is 0 Å². The van der Waals surface area contributed by atoms with Crippen molar-refractivity contribution in [3.05, 3.63) is 65.4 Å². The van der Waals surface area contributed by atoms with Crippen molar-refractivity contribution < 1.29 is 0 Å². The van der Waals surface area contributed by atoms with Crippen LogP contribution in [0.3, 0.4) is 0 Å². The maximum Gasteiger partial charge on any atom is 0.0569 e. The molecular weight excluding hydrogens is 238 g/mol. The molecule has 86 valence electrons. The maximum atomic E-state index is 2.33. The highest BCUT2D eigenvalue weighted by molar-refractivity contribution is 7.08. The summed E-state index contributed by atoms with van der Waals surface area (Å²) in [6.45, 7) is 0. The lowest BCUT2D eigenvalue weighted by Crippen LogP contribution is -1.90. The van der Waals surface area contributed by atoms with E-state index in [0.717, 1.165) is 0 Å². The minimum Gasteiger partial charge on any atom is -0.308 e. The van der Waals surface area contributed by atoms with Crippen LogP contribution in [-0.2, 0) is 0 Å². The second kappa shape index (κ2) is 3.72. The van der Waals surface area contributed by atoms with Gasteiger partial charge in [0.2, 0.25) is 0 Å². The Bertz CT molecular complexity index is 771. The lowest BCUT2D eigenvalue weighted by molar-refractivity contribution is 1.19. The predicted molar refractivity (Wildman–Crippen MR) is 78.7 cm³/mol. The first kappa shape index (κ1) is 9.92. The summed E-state index contributed by atoms with van der Waals surface area (Å²) < 4.78 is 2.33. The summed E-state index contributed by atoms with van der Waals surface area (Å²) in [5.41, 5.74) is 3.80. The number of fused-ring (bicyclic) bond motifs is 3. The molecule has 0 fully saturated rings. The van der Waals surface area contributed by atoms with E-state index in [4.69, 9.17) is 0 Å². The molecule has 0 saturated heterocycles. The second-order valence-corrected chi connectivity index (χ2v) is 5.13. The van der Waals surface area contributed by atoms with E-state index in [1.165, 1.54) is 27.5 Å². The fourth-order valence-corrected chi connectivity index (χ4v) is 3.21. The number of thiophene rings is 1. The average molecular weight is 249 g/mol. The topological polar surface area (TPSA) is 4.93 Å².